The quantitative estimate of drug-likeness (QED) is 0.585. The summed E-state index contributed by atoms with van der Waals surface area (Å²) in [6, 6.07) is 4.05. The summed E-state index contributed by atoms with van der Waals surface area (Å²) >= 11 is 11.1. The number of nitrogens with zero attached hydrogens (tertiary/aromatic N) is 2. The van der Waals surface area contributed by atoms with Crippen molar-refractivity contribution in [3.05, 3.63) is 37.9 Å². The van der Waals surface area contributed by atoms with E-state index < -0.39 is 4.92 Å². The van der Waals surface area contributed by atoms with Crippen LogP contribution >= 0.6 is 23.2 Å². The highest BCUT2D eigenvalue weighted by Gasteiger charge is 2.18. The summed E-state index contributed by atoms with van der Waals surface area (Å²) in [6.07, 6.45) is 0. The molecule has 0 saturated heterocycles. The van der Waals surface area contributed by atoms with E-state index in [2.05, 4.69) is 5.90 Å². The maximum absolute atomic E-state index is 10.4. The average Bonchev–Trinajstić information content (AvgIpc) is 2.24. The molecule has 0 heterocycles. The van der Waals surface area contributed by atoms with E-state index in [9.17, 15) is 10.1 Å². The van der Waals surface area contributed by atoms with E-state index in [-0.39, 0.29) is 21.3 Å². The van der Waals surface area contributed by atoms with E-state index in [1.54, 1.807) is 6.07 Å². The van der Waals surface area contributed by atoms with Crippen molar-refractivity contribution < 1.29 is 10.1 Å². The van der Waals surface area contributed by atoms with Gasteiger partial charge in [0.25, 0.3) is 5.69 Å². The Labute approximate surface area is 94.5 Å². The van der Waals surface area contributed by atoms with Gasteiger partial charge in [-0.15, -0.1) is 0 Å². The Morgan fingerprint density at radius 1 is 1.47 bits per heavy atom. The highest BCUT2D eigenvalue weighted by Crippen LogP contribution is 2.31. The number of hydrogen-bond donors (Lipinski definition) is 2. The maximum atomic E-state index is 10.4. The van der Waals surface area contributed by atoms with Gasteiger partial charge in [0.05, 0.1) is 15.0 Å². The van der Waals surface area contributed by atoms with Gasteiger partial charge in [-0.3, -0.25) is 10.1 Å². The molecule has 0 saturated carbocycles. The molecule has 3 N–H and O–H groups in total. The molecular weight excluding hydrogens is 245 g/mol. The zero-order valence-electron chi connectivity index (χ0n) is 7.15. The highest BCUT2D eigenvalue weighted by atomic mass is 35.5. The molecule has 0 radical (unpaired) electrons. The minimum Gasteiger partial charge on any atom is -0.320 e. The standard InChI is InChI=1S/C7H2Cl2N2O2.H3NO/c8-5-1-2-6(11(12)13)4(3-10)7(5)9;1-2/h1-2H;2H,1H2. The Morgan fingerprint density at radius 2 is 2.00 bits per heavy atom. The van der Waals surface area contributed by atoms with Crippen molar-refractivity contribution >= 4 is 28.9 Å². The zero-order chi connectivity index (χ0) is 12.0. The summed E-state index contributed by atoms with van der Waals surface area (Å²) in [4.78, 5) is 9.72. The van der Waals surface area contributed by atoms with Crippen LogP contribution in [0.4, 0.5) is 5.69 Å². The smallest absolute Gasteiger partial charge is 0.288 e. The van der Waals surface area contributed by atoms with E-state index in [1.807, 2.05) is 0 Å². The number of nitro benzene ring substituents is 1. The van der Waals surface area contributed by atoms with Crippen molar-refractivity contribution in [3.8, 4) is 6.07 Å². The molecule has 0 aliphatic carbocycles. The van der Waals surface area contributed by atoms with Crippen LogP contribution in [0.25, 0.3) is 0 Å². The van der Waals surface area contributed by atoms with Gasteiger partial charge in [0.15, 0.2) is 0 Å². The number of benzene rings is 1. The molecule has 15 heavy (non-hydrogen) atoms. The van der Waals surface area contributed by atoms with Gasteiger partial charge in [-0.25, -0.2) is 5.90 Å². The van der Waals surface area contributed by atoms with Gasteiger partial charge in [0, 0.05) is 6.07 Å². The first-order chi connectivity index (χ1) is 7.07. The molecule has 1 aromatic rings. The third-order valence-corrected chi connectivity index (χ3v) is 2.19. The molecule has 1 aromatic carbocycles. The SMILES string of the molecule is N#Cc1c([N+](=O)[O-])ccc(Cl)c1Cl.NO. The largest absolute Gasteiger partial charge is 0.320 e. The molecule has 1 rings (SSSR count). The van der Waals surface area contributed by atoms with Crippen molar-refractivity contribution in [2.75, 3.05) is 0 Å². The van der Waals surface area contributed by atoms with Crippen molar-refractivity contribution in [2.45, 2.75) is 0 Å². The van der Waals surface area contributed by atoms with Crippen molar-refractivity contribution in [1.29, 1.82) is 5.26 Å². The van der Waals surface area contributed by atoms with Gasteiger partial charge in [-0.05, 0) is 6.07 Å². The van der Waals surface area contributed by atoms with Crippen molar-refractivity contribution in [1.82, 2.24) is 0 Å². The third-order valence-electron chi connectivity index (χ3n) is 1.38. The van der Waals surface area contributed by atoms with Crippen LogP contribution in [0.5, 0.6) is 0 Å². The maximum Gasteiger partial charge on any atom is 0.288 e. The summed E-state index contributed by atoms with van der Waals surface area (Å²) in [5, 5.41) is 25.5. The predicted octanol–water partition coefficient (Wildman–Crippen LogP) is 2.11. The molecule has 0 bridgehead atoms. The first kappa shape index (κ1) is 13.6. The van der Waals surface area contributed by atoms with Crippen LogP contribution in [0.2, 0.25) is 10.0 Å². The van der Waals surface area contributed by atoms with E-state index in [0.29, 0.717) is 0 Å². The molecule has 0 aliphatic rings. The second kappa shape index (κ2) is 6.16. The summed E-state index contributed by atoms with van der Waals surface area (Å²) < 4.78 is 0. The van der Waals surface area contributed by atoms with Crippen LogP contribution in [-0.2, 0) is 0 Å². The molecule has 0 unspecified atom stereocenters. The molecule has 0 aliphatic heterocycles. The molecule has 0 spiro atoms. The normalized spacial score (nSPS) is 8.47. The zero-order valence-corrected chi connectivity index (χ0v) is 8.66. The van der Waals surface area contributed by atoms with E-state index in [1.165, 1.54) is 6.07 Å². The number of nitro groups is 1. The van der Waals surface area contributed by atoms with Crippen LogP contribution in [0.15, 0.2) is 12.1 Å². The monoisotopic (exact) mass is 249 g/mol. The lowest BCUT2D eigenvalue weighted by atomic mass is 10.2. The molecular formula is C7H5Cl2N3O3. The van der Waals surface area contributed by atoms with E-state index in [4.69, 9.17) is 33.7 Å². The Hall–Kier alpha value is -1.39. The molecule has 0 aromatic heterocycles. The van der Waals surface area contributed by atoms with Gasteiger partial charge >= 0.3 is 0 Å². The summed E-state index contributed by atoms with van der Waals surface area (Å²) in [6.45, 7) is 0. The molecule has 8 heteroatoms. The second-order valence-electron chi connectivity index (χ2n) is 2.12. The third kappa shape index (κ3) is 3.04. The first-order valence-electron chi connectivity index (χ1n) is 3.36. The molecule has 80 valence electrons. The number of rotatable bonds is 1. The number of hydrogen-bond acceptors (Lipinski definition) is 5. The first-order valence-corrected chi connectivity index (χ1v) is 4.12. The average molecular weight is 250 g/mol. The molecule has 6 nitrogen and oxygen atoms in total. The Morgan fingerprint density at radius 3 is 2.40 bits per heavy atom. The summed E-state index contributed by atoms with van der Waals surface area (Å²) in [7, 11) is 0. The van der Waals surface area contributed by atoms with Gasteiger partial charge in [0.2, 0.25) is 0 Å². The lowest BCUT2D eigenvalue weighted by Crippen LogP contribution is -1.92. The minimum absolute atomic E-state index is 0.0848. The lowest BCUT2D eigenvalue weighted by Gasteiger charge is -1.98. The topological polar surface area (TPSA) is 113 Å². The van der Waals surface area contributed by atoms with Crippen LogP contribution in [-0.4, -0.2) is 10.1 Å². The fraction of sp³-hybridized carbons (Fsp3) is 0. The molecule has 0 amide bonds. The second-order valence-corrected chi connectivity index (χ2v) is 2.91. The minimum atomic E-state index is -0.680. The van der Waals surface area contributed by atoms with Crippen LogP contribution in [0.3, 0.4) is 0 Å². The van der Waals surface area contributed by atoms with Crippen molar-refractivity contribution in [2.24, 2.45) is 5.90 Å². The van der Waals surface area contributed by atoms with E-state index >= 15 is 0 Å². The fourth-order valence-corrected chi connectivity index (χ4v) is 1.16. The predicted molar refractivity (Wildman–Crippen MR) is 53.8 cm³/mol. The van der Waals surface area contributed by atoms with Gasteiger partial charge in [-0.1, -0.05) is 23.2 Å². The number of nitriles is 1. The Kier molecular flexibility index (Phi) is 5.59. The number of nitrogens with two attached hydrogens (primary N) is 1. The lowest BCUT2D eigenvalue weighted by molar-refractivity contribution is -0.385. The molecule has 0 atom stereocenters. The van der Waals surface area contributed by atoms with E-state index in [0.717, 1.165) is 6.07 Å². The van der Waals surface area contributed by atoms with Crippen LogP contribution in [0.1, 0.15) is 5.56 Å². The highest BCUT2D eigenvalue weighted by molar-refractivity contribution is 6.42. The van der Waals surface area contributed by atoms with Crippen LogP contribution in [0, 0.1) is 21.4 Å². The Balaban J connectivity index is 0.000000921. The molecule has 0 fully saturated rings. The summed E-state index contributed by atoms with van der Waals surface area (Å²) in [5.74, 6) is 3.50. The van der Waals surface area contributed by atoms with Crippen LogP contribution < -0.4 is 5.90 Å². The summed E-state index contributed by atoms with van der Waals surface area (Å²) in [5.41, 5.74) is -0.545. The fourth-order valence-electron chi connectivity index (χ4n) is 0.799. The Bertz CT molecular complexity index is 417. The number of halogens is 2. The van der Waals surface area contributed by atoms with Crippen molar-refractivity contribution in [3.63, 3.8) is 0 Å². The van der Waals surface area contributed by atoms with Gasteiger partial charge < -0.3 is 5.21 Å². The van der Waals surface area contributed by atoms with Gasteiger partial charge in [0.1, 0.15) is 11.6 Å². The van der Waals surface area contributed by atoms with Gasteiger partial charge in [-0.2, -0.15) is 5.26 Å².